The summed E-state index contributed by atoms with van der Waals surface area (Å²) in [6.45, 7) is 3.59. The molecule has 21 heavy (non-hydrogen) atoms. The number of furan rings is 1. The van der Waals surface area contributed by atoms with E-state index >= 15 is 0 Å². The summed E-state index contributed by atoms with van der Waals surface area (Å²) in [6, 6.07) is 13.5. The molecule has 1 N–H and O–H groups in total. The van der Waals surface area contributed by atoms with Crippen LogP contribution in [0.15, 0.2) is 53.1 Å². The molecule has 2 aromatic rings. The maximum absolute atomic E-state index is 11.9. The van der Waals surface area contributed by atoms with Crippen molar-refractivity contribution in [3.05, 3.63) is 60.1 Å². The van der Waals surface area contributed by atoms with Gasteiger partial charge in [0.25, 0.3) is 0 Å². The number of hydrogen-bond acceptors (Lipinski definition) is 4. The smallest absolute Gasteiger partial charge is 0.310 e. The lowest BCUT2D eigenvalue weighted by Crippen LogP contribution is -2.29. The molecule has 0 bridgehead atoms. The summed E-state index contributed by atoms with van der Waals surface area (Å²) in [5.41, 5.74) is 1.00. The monoisotopic (exact) mass is 287 g/mol. The van der Waals surface area contributed by atoms with Crippen LogP contribution in [-0.4, -0.2) is 19.1 Å². The summed E-state index contributed by atoms with van der Waals surface area (Å²) < 4.78 is 10.5. The van der Waals surface area contributed by atoms with Crippen molar-refractivity contribution in [1.29, 1.82) is 0 Å². The lowest BCUT2D eigenvalue weighted by molar-refractivity contribution is -0.149. The van der Waals surface area contributed by atoms with Gasteiger partial charge in [0.15, 0.2) is 0 Å². The second kappa shape index (κ2) is 8.27. The van der Waals surface area contributed by atoms with Crippen LogP contribution in [-0.2, 0) is 22.6 Å². The highest BCUT2D eigenvalue weighted by Crippen LogP contribution is 2.04. The summed E-state index contributed by atoms with van der Waals surface area (Å²) in [5, 5.41) is 3.24. The van der Waals surface area contributed by atoms with E-state index in [9.17, 15) is 4.79 Å². The highest BCUT2D eigenvalue weighted by atomic mass is 16.5. The van der Waals surface area contributed by atoms with Crippen molar-refractivity contribution in [1.82, 2.24) is 5.32 Å². The average molecular weight is 287 g/mol. The van der Waals surface area contributed by atoms with Gasteiger partial charge < -0.3 is 14.5 Å². The first-order chi connectivity index (χ1) is 10.3. The molecule has 0 fully saturated rings. The van der Waals surface area contributed by atoms with E-state index in [1.807, 2.05) is 49.4 Å². The number of rotatable bonds is 8. The van der Waals surface area contributed by atoms with Crippen molar-refractivity contribution in [2.45, 2.75) is 20.0 Å². The molecule has 2 rings (SSSR count). The molecule has 0 saturated heterocycles. The molecule has 0 amide bonds. The molecular weight excluding hydrogens is 266 g/mol. The Kier molecular flexibility index (Phi) is 6.03. The van der Waals surface area contributed by atoms with Crippen molar-refractivity contribution in [3.63, 3.8) is 0 Å². The number of carbonyl (C=O) groups excluding carboxylic acids is 1. The van der Waals surface area contributed by atoms with E-state index in [0.29, 0.717) is 13.2 Å². The fourth-order valence-electron chi connectivity index (χ4n) is 1.94. The van der Waals surface area contributed by atoms with Crippen LogP contribution in [0.1, 0.15) is 18.2 Å². The summed E-state index contributed by atoms with van der Waals surface area (Å²) in [6.07, 6.45) is 2.48. The summed E-state index contributed by atoms with van der Waals surface area (Å²) >= 11 is 0. The Hall–Kier alpha value is -2.07. The number of hydrogen-bond donors (Lipinski definition) is 1. The zero-order valence-electron chi connectivity index (χ0n) is 12.2. The molecule has 4 nitrogen and oxygen atoms in total. The highest BCUT2D eigenvalue weighted by molar-refractivity contribution is 5.72. The quantitative estimate of drug-likeness (QED) is 0.599. The van der Waals surface area contributed by atoms with Gasteiger partial charge in [0.05, 0.1) is 12.2 Å². The molecule has 0 aliphatic heterocycles. The molecule has 1 atom stereocenters. The lowest BCUT2D eigenvalue weighted by Gasteiger charge is -2.12. The van der Waals surface area contributed by atoms with E-state index in [0.717, 1.165) is 24.3 Å². The van der Waals surface area contributed by atoms with Gasteiger partial charge in [-0.05, 0) is 17.7 Å². The zero-order chi connectivity index (χ0) is 14.9. The Bertz CT molecular complexity index is 522. The first kappa shape index (κ1) is 15.3. The first-order valence-corrected chi connectivity index (χ1v) is 7.19. The Labute approximate surface area is 125 Å². The molecule has 0 radical (unpaired) electrons. The second-order valence-electron chi connectivity index (χ2n) is 5.03. The SMILES string of the molecule is CC(CNCCc1ccco1)C(=O)OCc1ccccc1. The molecule has 0 aliphatic rings. The number of carbonyl (C=O) groups is 1. The Morgan fingerprint density at radius 2 is 2.05 bits per heavy atom. The molecule has 0 aliphatic carbocycles. The van der Waals surface area contributed by atoms with Crippen LogP contribution in [0.2, 0.25) is 0 Å². The third-order valence-electron chi connectivity index (χ3n) is 3.21. The van der Waals surface area contributed by atoms with Gasteiger partial charge in [-0.3, -0.25) is 4.79 Å². The lowest BCUT2D eigenvalue weighted by atomic mass is 10.2. The fraction of sp³-hybridized carbons (Fsp3) is 0.353. The van der Waals surface area contributed by atoms with Gasteiger partial charge in [0, 0.05) is 19.5 Å². The first-order valence-electron chi connectivity index (χ1n) is 7.19. The zero-order valence-corrected chi connectivity index (χ0v) is 12.2. The van der Waals surface area contributed by atoms with Crippen LogP contribution in [0.3, 0.4) is 0 Å². The molecule has 1 heterocycles. The maximum atomic E-state index is 11.9. The molecule has 1 unspecified atom stereocenters. The van der Waals surface area contributed by atoms with Gasteiger partial charge in [-0.2, -0.15) is 0 Å². The Morgan fingerprint density at radius 3 is 2.76 bits per heavy atom. The van der Waals surface area contributed by atoms with Gasteiger partial charge in [-0.15, -0.1) is 0 Å². The summed E-state index contributed by atoms with van der Waals surface area (Å²) in [7, 11) is 0. The van der Waals surface area contributed by atoms with Crippen molar-refractivity contribution < 1.29 is 13.9 Å². The van der Waals surface area contributed by atoms with E-state index in [1.54, 1.807) is 6.26 Å². The van der Waals surface area contributed by atoms with Gasteiger partial charge in [0.1, 0.15) is 12.4 Å². The van der Waals surface area contributed by atoms with Crippen molar-refractivity contribution >= 4 is 5.97 Å². The standard InChI is InChI=1S/C17H21NO3/c1-14(12-18-10-9-16-8-5-11-20-16)17(19)21-13-15-6-3-2-4-7-15/h2-8,11,14,18H,9-10,12-13H2,1H3. The van der Waals surface area contributed by atoms with E-state index in [-0.39, 0.29) is 11.9 Å². The number of ether oxygens (including phenoxy) is 1. The average Bonchev–Trinajstić information content (AvgIpc) is 3.03. The van der Waals surface area contributed by atoms with Gasteiger partial charge in [-0.25, -0.2) is 0 Å². The molecule has 0 saturated carbocycles. The summed E-state index contributed by atoms with van der Waals surface area (Å²) in [5.74, 6) is 0.608. The predicted octanol–water partition coefficient (Wildman–Crippen LogP) is 2.79. The van der Waals surface area contributed by atoms with Gasteiger partial charge in [0.2, 0.25) is 0 Å². The minimum Gasteiger partial charge on any atom is -0.469 e. The van der Waals surface area contributed by atoms with Crippen molar-refractivity contribution in [2.75, 3.05) is 13.1 Å². The second-order valence-corrected chi connectivity index (χ2v) is 5.03. The molecule has 1 aromatic carbocycles. The van der Waals surface area contributed by atoms with Crippen molar-refractivity contribution in [2.24, 2.45) is 5.92 Å². The van der Waals surface area contributed by atoms with Crippen molar-refractivity contribution in [3.8, 4) is 0 Å². The molecule has 0 spiro atoms. The van der Waals surface area contributed by atoms with E-state index in [1.165, 1.54) is 0 Å². The van der Waals surface area contributed by atoms with Crippen LogP contribution in [0.5, 0.6) is 0 Å². The molecule has 4 heteroatoms. The number of nitrogens with one attached hydrogen (secondary N) is 1. The molecule has 1 aromatic heterocycles. The highest BCUT2D eigenvalue weighted by Gasteiger charge is 2.13. The third kappa shape index (κ3) is 5.44. The number of benzene rings is 1. The Balaban J connectivity index is 1.61. The largest absolute Gasteiger partial charge is 0.469 e. The normalized spacial score (nSPS) is 12.0. The van der Waals surface area contributed by atoms with Gasteiger partial charge >= 0.3 is 5.97 Å². The van der Waals surface area contributed by atoms with Crippen LogP contribution in [0.25, 0.3) is 0 Å². The maximum Gasteiger partial charge on any atom is 0.310 e. The molecular formula is C17H21NO3. The van der Waals surface area contributed by atoms with E-state index in [2.05, 4.69) is 5.32 Å². The van der Waals surface area contributed by atoms with Gasteiger partial charge in [-0.1, -0.05) is 37.3 Å². The van der Waals surface area contributed by atoms with Crippen LogP contribution in [0, 0.1) is 5.92 Å². The summed E-state index contributed by atoms with van der Waals surface area (Å²) in [4.78, 5) is 11.9. The van der Waals surface area contributed by atoms with E-state index in [4.69, 9.17) is 9.15 Å². The van der Waals surface area contributed by atoms with Crippen LogP contribution >= 0.6 is 0 Å². The predicted molar refractivity (Wildman–Crippen MR) is 80.7 cm³/mol. The fourth-order valence-corrected chi connectivity index (χ4v) is 1.94. The van der Waals surface area contributed by atoms with Crippen LogP contribution in [0.4, 0.5) is 0 Å². The number of esters is 1. The Morgan fingerprint density at radius 1 is 1.24 bits per heavy atom. The minimum absolute atomic E-state index is 0.162. The topological polar surface area (TPSA) is 51.5 Å². The van der Waals surface area contributed by atoms with Crippen LogP contribution < -0.4 is 5.32 Å². The molecule has 112 valence electrons. The van der Waals surface area contributed by atoms with E-state index < -0.39 is 0 Å². The minimum atomic E-state index is -0.177. The third-order valence-corrected chi connectivity index (χ3v) is 3.21.